The second kappa shape index (κ2) is 8.26. The first kappa shape index (κ1) is 17.7. The van der Waals surface area contributed by atoms with Gasteiger partial charge in [-0.25, -0.2) is 0 Å². The number of nitrogens with one attached hydrogen (secondary N) is 3. The fourth-order valence-electron chi connectivity index (χ4n) is 2.38. The standard InChI is InChI=1S/C17H23N5O2/c1-4-12-6-5-7-14(8-12)21-15(23)10-19-17(24)16(18-2)13-9-20-22(3)11-13/h5-9,11,16,18H,4,10H2,1-3H3,(H,19,24)(H,21,23). The number of carbonyl (C=O) groups excluding carboxylic acids is 2. The van der Waals surface area contributed by atoms with Gasteiger partial charge in [0.15, 0.2) is 0 Å². The van der Waals surface area contributed by atoms with Crippen LogP contribution in [-0.2, 0) is 23.1 Å². The van der Waals surface area contributed by atoms with Crippen LogP contribution in [0.25, 0.3) is 0 Å². The van der Waals surface area contributed by atoms with Crippen LogP contribution in [0.5, 0.6) is 0 Å². The van der Waals surface area contributed by atoms with Crippen molar-refractivity contribution < 1.29 is 9.59 Å². The molecule has 0 radical (unpaired) electrons. The highest BCUT2D eigenvalue weighted by atomic mass is 16.2. The maximum atomic E-state index is 12.3. The molecular weight excluding hydrogens is 306 g/mol. The minimum absolute atomic E-state index is 0.0897. The SMILES string of the molecule is CCc1cccc(NC(=O)CNC(=O)C(NC)c2cnn(C)c2)c1. The third-order valence-corrected chi connectivity index (χ3v) is 3.65. The highest BCUT2D eigenvalue weighted by Gasteiger charge is 2.20. The number of carbonyl (C=O) groups is 2. The van der Waals surface area contributed by atoms with E-state index in [4.69, 9.17) is 0 Å². The number of hydrogen-bond acceptors (Lipinski definition) is 4. The molecule has 0 aliphatic carbocycles. The summed E-state index contributed by atoms with van der Waals surface area (Å²) in [5, 5.41) is 12.4. The molecule has 24 heavy (non-hydrogen) atoms. The molecule has 0 bridgehead atoms. The molecule has 2 amide bonds. The number of benzene rings is 1. The number of hydrogen-bond donors (Lipinski definition) is 3. The van der Waals surface area contributed by atoms with Crippen molar-refractivity contribution in [2.75, 3.05) is 18.9 Å². The van der Waals surface area contributed by atoms with E-state index in [0.717, 1.165) is 23.2 Å². The predicted octanol–water partition coefficient (Wildman–Crippen LogP) is 0.998. The van der Waals surface area contributed by atoms with Crippen molar-refractivity contribution in [2.24, 2.45) is 7.05 Å². The number of likely N-dealkylation sites (N-methyl/N-ethyl adjacent to an activating group) is 1. The molecule has 0 saturated carbocycles. The van der Waals surface area contributed by atoms with E-state index < -0.39 is 6.04 Å². The molecule has 1 aromatic heterocycles. The van der Waals surface area contributed by atoms with Gasteiger partial charge in [0, 0.05) is 24.5 Å². The normalized spacial score (nSPS) is 11.8. The first-order valence-electron chi connectivity index (χ1n) is 7.85. The van der Waals surface area contributed by atoms with E-state index in [1.165, 1.54) is 0 Å². The summed E-state index contributed by atoms with van der Waals surface area (Å²) >= 11 is 0. The van der Waals surface area contributed by atoms with Crippen molar-refractivity contribution in [1.29, 1.82) is 0 Å². The Morgan fingerprint density at radius 2 is 2.12 bits per heavy atom. The maximum absolute atomic E-state index is 12.3. The molecule has 2 aromatic rings. The Labute approximate surface area is 141 Å². The van der Waals surface area contributed by atoms with Crippen LogP contribution in [0.2, 0.25) is 0 Å². The average molecular weight is 329 g/mol. The Morgan fingerprint density at radius 3 is 2.75 bits per heavy atom. The Hall–Kier alpha value is -2.67. The molecule has 0 fully saturated rings. The van der Waals surface area contributed by atoms with Crippen molar-refractivity contribution in [3.63, 3.8) is 0 Å². The van der Waals surface area contributed by atoms with Gasteiger partial charge < -0.3 is 16.0 Å². The van der Waals surface area contributed by atoms with Gasteiger partial charge in [0.1, 0.15) is 6.04 Å². The van der Waals surface area contributed by atoms with Gasteiger partial charge in [-0.05, 0) is 31.2 Å². The lowest BCUT2D eigenvalue weighted by molar-refractivity contribution is -0.125. The zero-order valence-electron chi connectivity index (χ0n) is 14.2. The topological polar surface area (TPSA) is 88.1 Å². The van der Waals surface area contributed by atoms with Crippen LogP contribution in [0.4, 0.5) is 5.69 Å². The summed E-state index contributed by atoms with van der Waals surface area (Å²) in [5.41, 5.74) is 2.61. The minimum atomic E-state index is -0.546. The van der Waals surface area contributed by atoms with E-state index in [0.29, 0.717) is 0 Å². The Kier molecular flexibility index (Phi) is 6.08. The number of aryl methyl sites for hydroxylation is 2. The van der Waals surface area contributed by atoms with Crippen LogP contribution in [0.15, 0.2) is 36.7 Å². The van der Waals surface area contributed by atoms with Gasteiger partial charge >= 0.3 is 0 Å². The molecular formula is C17H23N5O2. The van der Waals surface area contributed by atoms with Crippen molar-refractivity contribution in [3.8, 4) is 0 Å². The molecule has 0 spiro atoms. The number of rotatable bonds is 7. The van der Waals surface area contributed by atoms with Crippen LogP contribution >= 0.6 is 0 Å². The lowest BCUT2D eigenvalue weighted by atomic mass is 10.1. The summed E-state index contributed by atoms with van der Waals surface area (Å²) in [6.45, 7) is 1.96. The first-order chi connectivity index (χ1) is 11.5. The van der Waals surface area contributed by atoms with Crippen LogP contribution in [-0.4, -0.2) is 35.2 Å². The highest BCUT2D eigenvalue weighted by Crippen LogP contribution is 2.12. The van der Waals surface area contributed by atoms with E-state index >= 15 is 0 Å². The molecule has 0 saturated heterocycles. The second-order valence-electron chi connectivity index (χ2n) is 5.49. The third kappa shape index (κ3) is 4.66. The third-order valence-electron chi connectivity index (χ3n) is 3.65. The van der Waals surface area contributed by atoms with E-state index in [1.807, 2.05) is 24.3 Å². The number of nitrogens with zero attached hydrogens (tertiary/aromatic N) is 2. The van der Waals surface area contributed by atoms with E-state index in [2.05, 4.69) is 28.0 Å². The molecule has 1 heterocycles. The fraction of sp³-hybridized carbons (Fsp3) is 0.353. The predicted molar refractivity (Wildman–Crippen MR) is 92.5 cm³/mol. The molecule has 2 rings (SSSR count). The zero-order chi connectivity index (χ0) is 17.5. The molecule has 3 N–H and O–H groups in total. The summed E-state index contributed by atoms with van der Waals surface area (Å²) in [4.78, 5) is 24.3. The van der Waals surface area contributed by atoms with Gasteiger partial charge in [-0.15, -0.1) is 0 Å². The quantitative estimate of drug-likeness (QED) is 0.707. The van der Waals surface area contributed by atoms with E-state index in [-0.39, 0.29) is 18.4 Å². The summed E-state index contributed by atoms with van der Waals surface area (Å²) in [5.74, 6) is -0.541. The number of aromatic nitrogens is 2. The highest BCUT2D eigenvalue weighted by molar-refractivity contribution is 5.95. The van der Waals surface area contributed by atoms with E-state index in [1.54, 1.807) is 31.2 Å². The molecule has 128 valence electrons. The Bertz CT molecular complexity index is 711. The zero-order valence-corrected chi connectivity index (χ0v) is 14.2. The average Bonchev–Trinajstić information content (AvgIpc) is 3.00. The molecule has 1 unspecified atom stereocenters. The molecule has 1 aromatic carbocycles. The minimum Gasteiger partial charge on any atom is -0.345 e. The molecule has 0 aliphatic rings. The van der Waals surface area contributed by atoms with Crippen molar-refractivity contribution in [2.45, 2.75) is 19.4 Å². The smallest absolute Gasteiger partial charge is 0.243 e. The summed E-state index contributed by atoms with van der Waals surface area (Å²) < 4.78 is 1.63. The van der Waals surface area contributed by atoms with Crippen molar-refractivity contribution >= 4 is 17.5 Å². The lowest BCUT2D eigenvalue weighted by Gasteiger charge is -2.14. The van der Waals surface area contributed by atoms with Crippen LogP contribution in [0.1, 0.15) is 24.1 Å². The maximum Gasteiger partial charge on any atom is 0.243 e. The monoisotopic (exact) mass is 329 g/mol. The van der Waals surface area contributed by atoms with Crippen LogP contribution in [0, 0.1) is 0 Å². The van der Waals surface area contributed by atoms with Gasteiger partial charge in [0.05, 0.1) is 12.7 Å². The summed E-state index contributed by atoms with van der Waals surface area (Å²) in [7, 11) is 3.47. The number of anilines is 1. The Morgan fingerprint density at radius 1 is 1.33 bits per heavy atom. The van der Waals surface area contributed by atoms with Gasteiger partial charge in [0.2, 0.25) is 11.8 Å². The van der Waals surface area contributed by atoms with Gasteiger partial charge in [0.25, 0.3) is 0 Å². The van der Waals surface area contributed by atoms with Gasteiger partial charge in [-0.3, -0.25) is 14.3 Å². The van der Waals surface area contributed by atoms with Crippen LogP contribution < -0.4 is 16.0 Å². The molecule has 7 heteroatoms. The molecule has 7 nitrogen and oxygen atoms in total. The van der Waals surface area contributed by atoms with Gasteiger partial charge in [-0.1, -0.05) is 19.1 Å². The van der Waals surface area contributed by atoms with E-state index in [9.17, 15) is 9.59 Å². The second-order valence-corrected chi connectivity index (χ2v) is 5.49. The van der Waals surface area contributed by atoms with Crippen molar-refractivity contribution in [1.82, 2.24) is 20.4 Å². The summed E-state index contributed by atoms with van der Waals surface area (Å²) in [6, 6.07) is 7.10. The van der Waals surface area contributed by atoms with Crippen LogP contribution in [0.3, 0.4) is 0 Å². The molecule has 0 aliphatic heterocycles. The van der Waals surface area contributed by atoms with Crippen molar-refractivity contribution in [3.05, 3.63) is 47.8 Å². The largest absolute Gasteiger partial charge is 0.345 e. The molecule has 1 atom stereocenters. The first-order valence-corrected chi connectivity index (χ1v) is 7.85. The van der Waals surface area contributed by atoms with Gasteiger partial charge in [-0.2, -0.15) is 5.10 Å². The number of amides is 2. The summed E-state index contributed by atoms with van der Waals surface area (Å²) in [6.07, 6.45) is 4.28. The Balaban J connectivity index is 1.89. The fourth-order valence-corrected chi connectivity index (χ4v) is 2.38. The lowest BCUT2D eigenvalue weighted by Crippen LogP contribution is -2.39.